The van der Waals surface area contributed by atoms with Crippen molar-refractivity contribution in [2.75, 3.05) is 16.4 Å². The van der Waals surface area contributed by atoms with Crippen LogP contribution in [0.15, 0.2) is 22.7 Å². The van der Waals surface area contributed by atoms with Gasteiger partial charge in [-0.1, -0.05) is 0 Å². The molecule has 2 rings (SSSR count). The quantitative estimate of drug-likeness (QED) is 0.728. The van der Waals surface area contributed by atoms with Gasteiger partial charge < -0.3 is 0 Å². The first-order valence-electron chi connectivity index (χ1n) is 5.11. The number of alkyl halides is 3. The maximum Gasteiger partial charge on any atom is 0.416 e. The number of benzene rings is 1. The molecule has 1 aromatic carbocycles. The summed E-state index contributed by atoms with van der Waals surface area (Å²) in [6.45, 7) is 0. The predicted octanol–water partition coefficient (Wildman–Crippen LogP) is 3.07. The van der Waals surface area contributed by atoms with Gasteiger partial charge in [0.1, 0.15) is 0 Å². The summed E-state index contributed by atoms with van der Waals surface area (Å²) in [5.74, 6) is -0.870. The van der Waals surface area contributed by atoms with Crippen molar-refractivity contribution in [1.82, 2.24) is 0 Å². The molecule has 0 spiro atoms. The molecule has 0 atom stereocenters. The molecule has 0 bridgehead atoms. The lowest BCUT2D eigenvalue weighted by atomic mass is 10.1. The number of thioether (sulfide) groups is 1. The largest absolute Gasteiger partial charge is 0.416 e. The molecule has 1 aliphatic rings. The highest BCUT2D eigenvalue weighted by Gasteiger charge is 2.34. The van der Waals surface area contributed by atoms with Crippen molar-refractivity contribution in [3.63, 3.8) is 0 Å². The highest BCUT2D eigenvalue weighted by atomic mass is 79.9. The predicted molar refractivity (Wildman–Crippen MR) is 69.0 cm³/mol. The lowest BCUT2D eigenvalue weighted by molar-refractivity contribution is -0.137. The molecule has 102 valence electrons. The second kappa shape index (κ2) is 5.16. The van der Waals surface area contributed by atoms with Crippen LogP contribution < -0.4 is 4.90 Å². The van der Waals surface area contributed by atoms with E-state index >= 15 is 0 Å². The molecule has 2 amide bonds. The highest BCUT2D eigenvalue weighted by molar-refractivity contribution is 9.10. The van der Waals surface area contributed by atoms with Gasteiger partial charge in [0.25, 0.3) is 0 Å². The smallest absolute Gasteiger partial charge is 0.273 e. The minimum atomic E-state index is -4.52. The van der Waals surface area contributed by atoms with Gasteiger partial charge in [-0.2, -0.15) is 13.2 Å². The number of hydrogen-bond donors (Lipinski definition) is 0. The summed E-state index contributed by atoms with van der Waals surface area (Å²) in [6, 6.07) is 2.87. The third-order valence-electron chi connectivity index (χ3n) is 2.46. The Morgan fingerprint density at radius 2 is 1.74 bits per heavy atom. The number of amides is 2. The number of nitrogens with zero attached hydrogens (tertiary/aromatic N) is 1. The van der Waals surface area contributed by atoms with E-state index < -0.39 is 23.6 Å². The van der Waals surface area contributed by atoms with Crippen molar-refractivity contribution in [3.05, 3.63) is 28.2 Å². The summed E-state index contributed by atoms with van der Waals surface area (Å²) in [4.78, 5) is 24.2. The number of anilines is 1. The van der Waals surface area contributed by atoms with Crippen molar-refractivity contribution in [2.45, 2.75) is 6.18 Å². The van der Waals surface area contributed by atoms with E-state index in [1.54, 1.807) is 0 Å². The molecule has 0 N–H and O–H groups in total. The van der Waals surface area contributed by atoms with Crippen LogP contribution in [0, 0.1) is 0 Å². The lowest BCUT2D eigenvalue weighted by Gasteiger charge is -2.26. The zero-order valence-corrected chi connectivity index (χ0v) is 11.7. The molecule has 0 radical (unpaired) electrons. The molecule has 1 heterocycles. The van der Waals surface area contributed by atoms with Crippen LogP contribution >= 0.6 is 27.7 Å². The fraction of sp³-hybridized carbons (Fsp3) is 0.273. The Bertz CT molecular complexity index is 531. The van der Waals surface area contributed by atoms with Gasteiger partial charge in [0.05, 0.1) is 22.8 Å². The third kappa shape index (κ3) is 2.94. The first-order valence-corrected chi connectivity index (χ1v) is 7.06. The van der Waals surface area contributed by atoms with Gasteiger partial charge in [-0.25, -0.2) is 4.90 Å². The number of rotatable bonds is 1. The first-order chi connectivity index (χ1) is 8.80. The summed E-state index contributed by atoms with van der Waals surface area (Å²) >= 11 is 4.21. The molecular formula is C11H7BrF3NO2S. The van der Waals surface area contributed by atoms with E-state index in [0.29, 0.717) is 0 Å². The van der Waals surface area contributed by atoms with Crippen LogP contribution in [-0.2, 0) is 15.8 Å². The maximum absolute atomic E-state index is 12.7. The molecule has 0 aromatic heterocycles. The number of hydrogen-bond acceptors (Lipinski definition) is 3. The standard InChI is InChI=1S/C11H7BrF3NO2S/c12-7-2-1-6(11(13,14)15)3-8(7)16-9(17)4-19-5-10(16)18/h1-3H,4-5H2. The fourth-order valence-electron chi connectivity index (χ4n) is 1.62. The van der Waals surface area contributed by atoms with Gasteiger partial charge in [0.15, 0.2) is 0 Å². The van der Waals surface area contributed by atoms with Crippen LogP contribution in [-0.4, -0.2) is 23.3 Å². The Morgan fingerprint density at radius 1 is 1.16 bits per heavy atom. The van der Waals surface area contributed by atoms with Gasteiger partial charge in [0, 0.05) is 4.47 Å². The first kappa shape index (κ1) is 14.4. The second-order valence-corrected chi connectivity index (χ2v) is 5.62. The van der Waals surface area contributed by atoms with Gasteiger partial charge in [-0.3, -0.25) is 9.59 Å². The SMILES string of the molecule is O=C1CSCC(=O)N1c1cc(C(F)(F)F)ccc1Br. The van der Waals surface area contributed by atoms with Gasteiger partial charge in [-0.15, -0.1) is 11.8 Å². The molecule has 1 aliphatic heterocycles. The molecule has 8 heteroatoms. The van der Waals surface area contributed by atoms with E-state index in [0.717, 1.165) is 28.8 Å². The Balaban J connectivity index is 2.49. The fourth-order valence-corrected chi connectivity index (χ4v) is 2.76. The van der Waals surface area contributed by atoms with Crippen LogP contribution in [0.2, 0.25) is 0 Å². The topological polar surface area (TPSA) is 37.4 Å². The summed E-state index contributed by atoms with van der Waals surface area (Å²) in [6.07, 6.45) is -4.52. The summed E-state index contributed by atoms with van der Waals surface area (Å²) in [5, 5.41) is 0. The summed E-state index contributed by atoms with van der Waals surface area (Å²) < 4.78 is 38.2. The number of halogens is 4. The van der Waals surface area contributed by atoms with Crippen molar-refractivity contribution < 1.29 is 22.8 Å². The van der Waals surface area contributed by atoms with Gasteiger partial charge in [0.2, 0.25) is 11.8 Å². The molecule has 0 unspecified atom stereocenters. The summed E-state index contributed by atoms with van der Waals surface area (Å²) in [5.41, 5.74) is -0.963. The zero-order valence-electron chi connectivity index (χ0n) is 9.33. The zero-order chi connectivity index (χ0) is 14.2. The van der Waals surface area contributed by atoms with E-state index in [1.807, 2.05) is 0 Å². The van der Waals surface area contributed by atoms with Crippen molar-refractivity contribution in [2.24, 2.45) is 0 Å². The van der Waals surface area contributed by atoms with Crippen LogP contribution in [0.3, 0.4) is 0 Å². The minimum absolute atomic E-state index is 0.0647. The Hall–Kier alpha value is -1.02. The van der Waals surface area contributed by atoms with E-state index in [9.17, 15) is 22.8 Å². The van der Waals surface area contributed by atoms with Crippen molar-refractivity contribution in [1.29, 1.82) is 0 Å². The van der Waals surface area contributed by atoms with Crippen LogP contribution in [0.4, 0.5) is 18.9 Å². The van der Waals surface area contributed by atoms with Crippen LogP contribution in [0.5, 0.6) is 0 Å². The lowest BCUT2D eigenvalue weighted by Crippen LogP contribution is -2.43. The minimum Gasteiger partial charge on any atom is -0.273 e. The second-order valence-electron chi connectivity index (χ2n) is 3.78. The number of carbonyl (C=O) groups is 2. The molecule has 3 nitrogen and oxygen atoms in total. The highest BCUT2D eigenvalue weighted by Crippen LogP contribution is 2.36. The molecule has 1 aromatic rings. The maximum atomic E-state index is 12.7. The van der Waals surface area contributed by atoms with E-state index in [-0.39, 0.29) is 21.7 Å². The van der Waals surface area contributed by atoms with E-state index in [4.69, 9.17) is 0 Å². The van der Waals surface area contributed by atoms with E-state index in [1.165, 1.54) is 6.07 Å². The Kier molecular flexibility index (Phi) is 3.91. The third-order valence-corrected chi connectivity index (χ3v) is 4.04. The molecule has 1 saturated heterocycles. The number of imide groups is 1. The molecule has 0 aliphatic carbocycles. The van der Waals surface area contributed by atoms with Crippen molar-refractivity contribution in [3.8, 4) is 0 Å². The number of carbonyl (C=O) groups excluding carboxylic acids is 2. The molecule has 0 saturated carbocycles. The van der Waals surface area contributed by atoms with Crippen LogP contribution in [0.25, 0.3) is 0 Å². The Labute approximate surface area is 119 Å². The molecule has 19 heavy (non-hydrogen) atoms. The van der Waals surface area contributed by atoms with Crippen LogP contribution in [0.1, 0.15) is 5.56 Å². The summed E-state index contributed by atoms with van der Waals surface area (Å²) in [7, 11) is 0. The normalized spacial score (nSPS) is 16.9. The van der Waals surface area contributed by atoms with Gasteiger partial charge >= 0.3 is 6.18 Å². The molecule has 1 fully saturated rings. The average molecular weight is 354 g/mol. The van der Waals surface area contributed by atoms with Crippen molar-refractivity contribution >= 4 is 45.2 Å². The average Bonchev–Trinajstić information content (AvgIpc) is 2.29. The van der Waals surface area contributed by atoms with E-state index in [2.05, 4.69) is 15.9 Å². The molecular weight excluding hydrogens is 347 g/mol. The Morgan fingerprint density at radius 3 is 2.26 bits per heavy atom. The monoisotopic (exact) mass is 353 g/mol. The van der Waals surface area contributed by atoms with Gasteiger partial charge in [-0.05, 0) is 34.1 Å².